The molecule has 3 heteroatoms. The van der Waals surface area contributed by atoms with Crippen molar-refractivity contribution in [1.82, 2.24) is 9.80 Å². The molecule has 1 aromatic rings. The molecule has 1 aliphatic heterocycles. The Labute approximate surface area is 164 Å². The number of nitrogens with zero attached hydrogens (tertiary/aromatic N) is 2. The first-order valence-electron chi connectivity index (χ1n) is 10.9. The average Bonchev–Trinajstić information content (AvgIpc) is 2.59. The Bertz CT molecular complexity index is 703. The van der Waals surface area contributed by atoms with Crippen molar-refractivity contribution < 1.29 is 4.79 Å². The third kappa shape index (κ3) is 3.12. The van der Waals surface area contributed by atoms with Crippen molar-refractivity contribution in [3.05, 3.63) is 35.9 Å². The highest BCUT2D eigenvalue weighted by molar-refractivity contribution is 5.83. The van der Waals surface area contributed by atoms with Crippen LogP contribution in [0.25, 0.3) is 0 Å². The minimum absolute atomic E-state index is 0.0372. The van der Waals surface area contributed by atoms with Crippen LogP contribution in [0.1, 0.15) is 57.9 Å². The molecular formula is C24H34N2O. The molecule has 146 valence electrons. The van der Waals surface area contributed by atoms with Crippen LogP contribution in [0.3, 0.4) is 0 Å². The number of hydrogen-bond donors (Lipinski definition) is 0. The van der Waals surface area contributed by atoms with E-state index in [0.29, 0.717) is 16.7 Å². The largest absolute Gasteiger partial charge is 0.340 e. The highest BCUT2D eigenvalue weighted by Crippen LogP contribution is 2.69. The first-order valence-corrected chi connectivity index (χ1v) is 10.9. The van der Waals surface area contributed by atoms with Crippen LogP contribution in [0.15, 0.2) is 30.3 Å². The third-order valence-electron chi connectivity index (χ3n) is 7.99. The SMILES string of the molecule is C[C@@]12CC3CC(C(=O)N4CCN(Cc5ccccc5)CC4)(C1)C[C@@](C)(C3)C2. The fourth-order valence-corrected chi connectivity index (χ4v) is 7.97. The van der Waals surface area contributed by atoms with Gasteiger partial charge in [-0.3, -0.25) is 9.69 Å². The van der Waals surface area contributed by atoms with Crippen molar-refractivity contribution in [1.29, 1.82) is 0 Å². The minimum Gasteiger partial charge on any atom is -0.340 e. The summed E-state index contributed by atoms with van der Waals surface area (Å²) in [5.41, 5.74) is 2.17. The van der Waals surface area contributed by atoms with E-state index in [0.717, 1.165) is 51.5 Å². The molecule has 1 amide bonds. The summed E-state index contributed by atoms with van der Waals surface area (Å²) in [7, 11) is 0. The second-order valence-electron chi connectivity index (χ2n) is 11.0. The van der Waals surface area contributed by atoms with E-state index in [2.05, 4.69) is 54.0 Å². The van der Waals surface area contributed by atoms with Crippen molar-refractivity contribution in [2.75, 3.05) is 26.2 Å². The molecule has 1 heterocycles. The number of benzene rings is 1. The smallest absolute Gasteiger partial charge is 0.228 e. The molecule has 0 unspecified atom stereocenters. The van der Waals surface area contributed by atoms with E-state index >= 15 is 0 Å². The first-order chi connectivity index (χ1) is 12.9. The van der Waals surface area contributed by atoms with E-state index in [4.69, 9.17) is 0 Å². The molecule has 2 atom stereocenters. The van der Waals surface area contributed by atoms with Gasteiger partial charge in [-0.25, -0.2) is 0 Å². The Morgan fingerprint density at radius 3 is 2.15 bits per heavy atom. The van der Waals surface area contributed by atoms with E-state index in [1.54, 1.807) is 0 Å². The lowest BCUT2D eigenvalue weighted by Crippen LogP contribution is -2.62. The van der Waals surface area contributed by atoms with Crippen molar-refractivity contribution in [3.8, 4) is 0 Å². The molecular weight excluding hydrogens is 332 g/mol. The molecule has 6 rings (SSSR count). The molecule has 3 nitrogen and oxygen atoms in total. The van der Waals surface area contributed by atoms with Gasteiger partial charge in [0, 0.05) is 32.7 Å². The number of hydrogen-bond acceptors (Lipinski definition) is 2. The van der Waals surface area contributed by atoms with Crippen LogP contribution in [0.2, 0.25) is 0 Å². The van der Waals surface area contributed by atoms with E-state index in [9.17, 15) is 4.79 Å². The number of carbonyl (C=O) groups is 1. The predicted octanol–water partition coefficient (Wildman–Crippen LogP) is 4.33. The molecule has 1 saturated heterocycles. The number of carbonyl (C=O) groups excluding carboxylic acids is 1. The summed E-state index contributed by atoms with van der Waals surface area (Å²) >= 11 is 0. The molecule has 0 aromatic heterocycles. The molecule has 5 fully saturated rings. The average molecular weight is 367 g/mol. The van der Waals surface area contributed by atoms with Gasteiger partial charge in [-0.1, -0.05) is 44.2 Å². The second-order valence-corrected chi connectivity index (χ2v) is 11.0. The fourth-order valence-electron chi connectivity index (χ4n) is 7.97. The Hall–Kier alpha value is -1.35. The van der Waals surface area contributed by atoms with E-state index in [1.807, 2.05) is 0 Å². The van der Waals surface area contributed by atoms with Crippen LogP contribution in [0, 0.1) is 22.2 Å². The maximum Gasteiger partial charge on any atom is 0.228 e. The molecule has 4 aliphatic carbocycles. The summed E-state index contributed by atoms with van der Waals surface area (Å²) in [6.45, 7) is 9.78. The van der Waals surface area contributed by atoms with Crippen LogP contribution in [-0.4, -0.2) is 41.9 Å². The lowest BCUT2D eigenvalue weighted by molar-refractivity contribution is -0.180. The lowest BCUT2D eigenvalue weighted by atomic mass is 9.40. The van der Waals surface area contributed by atoms with E-state index < -0.39 is 0 Å². The minimum atomic E-state index is -0.0372. The van der Waals surface area contributed by atoms with Gasteiger partial charge >= 0.3 is 0 Å². The highest BCUT2D eigenvalue weighted by Gasteiger charge is 2.63. The zero-order valence-electron chi connectivity index (χ0n) is 17.0. The standard InChI is InChI=1S/C24H34N2O/c1-22-12-20-13-23(2,16-22)18-24(14-20,17-22)21(27)26-10-8-25(9-11-26)15-19-6-4-3-5-7-19/h3-7,20H,8-18H2,1-2H3/t20?,22-,23-,24?/m0/s1. The Morgan fingerprint density at radius 1 is 0.926 bits per heavy atom. The summed E-state index contributed by atoms with van der Waals surface area (Å²) in [6.07, 6.45) is 7.53. The normalized spacial score (nSPS) is 41.1. The zero-order chi connectivity index (χ0) is 18.7. The summed E-state index contributed by atoms with van der Waals surface area (Å²) in [4.78, 5) is 18.4. The molecule has 1 aromatic carbocycles. The number of piperazine rings is 1. The molecule has 0 radical (unpaired) electrons. The zero-order valence-corrected chi connectivity index (χ0v) is 17.0. The van der Waals surface area contributed by atoms with Crippen molar-refractivity contribution in [2.45, 2.75) is 58.9 Å². The van der Waals surface area contributed by atoms with Crippen molar-refractivity contribution in [3.63, 3.8) is 0 Å². The van der Waals surface area contributed by atoms with Gasteiger partial charge in [-0.15, -0.1) is 0 Å². The van der Waals surface area contributed by atoms with Crippen molar-refractivity contribution >= 4 is 5.91 Å². The van der Waals surface area contributed by atoms with Crippen LogP contribution >= 0.6 is 0 Å². The van der Waals surface area contributed by atoms with E-state index in [-0.39, 0.29) is 5.41 Å². The van der Waals surface area contributed by atoms with Gasteiger partial charge in [0.1, 0.15) is 0 Å². The fraction of sp³-hybridized carbons (Fsp3) is 0.708. The molecule has 27 heavy (non-hydrogen) atoms. The Morgan fingerprint density at radius 2 is 1.56 bits per heavy atom. The summed E-state index contributed by atoms with van der Waals surface area (Å²) in [5, 5.41) is 0. The Kier molecular flexibility index (Phi) is 3.99. The topological polar surface area (TPSA) is 23.6 Å². The molecule has 4 bridgehead atoms. The van der Waals surface area contributed by atoms with Gasteiger partial charge in [0.05, 0.1) is 5.41 Å². The van der Waals surface area contributed by atoms with Crippen LogP contribution in [0.4, 0.5) is 0 Å². The maximum absolute atomic E-state index is 13.7. The Balaban J connectivity index is 1.26. The molecule has 0 spiro atoms. The van der Waals surface area contributed by atoms with Gasteiger partial charge in [0.2, 0.25) is 5.91 Å². The summed E-state index contributed by atoms with van der Waals surface area (Å²) in [6, 6.07) is 10.7. The second kappa shape index (κ2) is 6.07. The lowest BCUT2D eigenvalue weighted by Gasteiger charge is -2.65. The maximum atomic E-state index is 13.7. The molecule has 5 aliphatic rings. The first kappa shape index (κ1) is 17.7. The molecule has 0 N–H and O–H groups in total. The number of amides is 1. The monoisotopic (exact) mass is 366 g/mol. The summed E-state index contributed by atoms with van der Waals surface area (Å²) < 4.78 is 0. The number of rotatable bonds is 3. The van der Waals surface area contributed by atoms with Gasteiger partial charge in [-0.05, 0) is 60.8 Å². The van der Waals surface area contributed by atoms with Crippen LogP contribution in [0.5, 0.6) is 0 Å². The van der Waals surface area contributed by atoms with Crippen LogP contribution in [-0.2, 0) is 11.3 Å². The summed E-state index contributed by atoms with van der Waals surface area (Å²) in [5.74, 6) is 1.29. The van der Waals surface area contributed by atoms with Gasteiger partial charge < -0.3 is 4.90 Å². The quantitative estimate of drug-likeness (QED) is 0.795. The van der Waals surface area contributed by atoms with Gasteiger partial charge in [0.15, 0.2) is 0 Å². The van der Waals surface area contributed by atoms with E-state index in [1.165, 1.54) is 31.2 Å². The van der Waals surface area contributed by atoms with Gasteiger partial charge in [-0.2, -0.15) is 0 Å². The van der Waals surface area contributed by atoms with Crippen LogP contribution < -0.4 is 0 Å². The predicted molar refractivity (Wildman–Crippen MR) is 108 cm³/mol. The van der Waals surface area contributed by atoms with Gasteiger partial charge in [0.25, 0.3) is 0 Å². The third-order valence-corrected chi connectivity index (χ3v) is 7.99. The van der Waals surface area contributed by atoms with Crippen molar-refractivity contribution in [2.24, 2.45) is 22.2 Å². The highest BCUT2D eigenvalue weighted by atomic mass is 16.2. The molecule has 4 saturated carbocycles.